The smallest absolute Gasteiger partial charge is 0.363 e. The molecule has 3 N–H and O–H groups in total. The van der Waals surface area contributed by atoms with E-state index < -0.39 is 37.3 Å². The summed E-state index contributed by atoms with van der Waals surface area (Å²) in [4.78, 5) is 75.6. The maximum absolute atomic E-state index is 14.0. The van der Waals surface area contributed by atoms with Gasteiger partial charge in [0, 0.05) is 132 Å². The van der Waals surface area contributed by atoms with Crippen LogP contribution >= 0.6 is 23.5 Å². The second-order valence-corrected chi connectivity index (χ2v) is 22.5. The maximum atomic E-state index is 14.0. The highest BCUT2D eigenvalue weighted by Crippen LogP contribution is 2.50. The van der Waals surface area contributed by atoms with Crippen molar-refractivity contribution >= 4 is 97.9 Å². The Balaban J connectivity index is 0.713. The van der Waals surface area contributed by atoms with Crippen LogP contribution in [0.3, 0.4) is 0 Å². The topological polar surface area (TPSA) is 222 Å². The molecule has 4 amide bonds. The van der Waals surface area contributed by atoms with E-state index in [1.54, 1.807) is 48.5 Å². The van der Waals surface area contributed by atoms with Gasteiger partial charge in [0.1, 0.15) is 17.6 Å². The quantitative estimate of drug-likeness (QED) is 0.0802. The fourth-order valence-corrected chi connectivity index (χ4v) is 12.7. The standard InChI is InChI=1S/C52H57BrN13O8P/c1-61-28-32(25-56-61)37-23-42(58-52-55-26-39(53)48(60-52)57-41-10-9-40-36(6-5-15-54-40)47(41)75(71,73-3)74-4)45(72-2)24-44(37)64-20-18-62(19-21-64)27-31-13-16-63(17-14-31)34-29-65(30-34)33-7-8-35-38(22-33)51(70)66(50(35)69)43-11-12-46(67)59-49(43)68/h5-10,15,22-26,28,31,34,43H,11-14,16-21,27,29-30H2,1-4H3,(H,59,67,68)(H2,55,57,58,60). The van der Waals surface area contributed by atoms with Gasteiger partial charge in [0.2, 0.25) is 17.8 Å². The van der Waals surface area contributed by atoms with Crippen molar-refractivity contribution in [1.82, 2.24) is 44.7 Å². The molecule has 75 heavy (non-hydrogen) atoms. The van der Waals surface area contributed by atoms with E-state index in [1.165, 1.54) is 14.2 Å². The van der Waals surface area contributed by atoms with Gasteiger partial charge in [-0.05, 0) is 96.7 Å². The van der Waals surface area contributed by atoms with E-state index in [9.17, 15) is 23.7 Å². The molecule has 8 heterocycles. The van der Waals surface area contributed by atoms with Gasteiger partial charge >= 0.3 is 7.60 Å². The van der Waals surface area contributed by atoms with Gasteiger partial charge in [-0.1, -0.05) is 6.07 Å². The van der Waals surface area contributed by atoms with Crippen LogP contribution in [0.25, 0.3) is 22.0 Å². The number of anilines is 6. The molecule has 390 valence electrons. The number of methoxy groups -OCH3 is 1. The molecule has 11 rings (SSSR count). The minimum Gasteiger partial charge on any atom is -0.494 e. The van der Waals surface area contributed by atoms with Gasteiger partial charge in [-0.3, -0.25) is 53.4 Å². The number of carbonyl (C=O) groups excluding carboxylic acids is 4. The van der Waals surface area contributed by atoms with Crippen LogP contribution in [0.4, 0.5) is 34.5 Å². The first-order valence-electron chi connectivity index (χ1n) is 25.0. The van der Waals surface area contributed by atoms with Crippen LogP contribution in [0.5, 0.6) is 5.75 Å². The molecule has 0 bridgehead atoms. The summed E-state index contributed by atoms with van der Waals surface area (Å²) in [5.74, 6) is -0.0574. The fraction of sp³-hybridized carbons (Fsp3) is 0.385. The summed E-state index contributed by atoms with van der Waals surface area (Å²) >= 11 is 3.60. The number of ether oxygens (including phenoxy) is 1. The number of hydrogen-bond acceptors (Lipinski definition) is 18. The predicted molar refractivity (Wildman–Crippen MR) is 287 cm³/mol. The molecule has 1 atom stereocenters. The zero-order valence-corrected chi connectivity index (χ0v) is 44.5. The van der Waals surface area contributed by atoms with Crippen molar-refractivity contribution in [3.05, 3.63) is 95.0 Å². The minimum atomic E-state index is -3.77. The summed E-state index contributed by atoms with van der Waals surface area (Å²) in [6.07, 6.45) is 9.66. The molecular formula is C52H57BrN13O8P. The predicted octanol–water partition coefficient (Wildman–Crippen LogP) is 5.92. The third-order valence-electron chi connectivity index (χ3n) is 15.1. The summed E-state index contributed by atoms with van der Waals surface area (Å²) in [5.41, 5.74) is 6.23. The molecule has 6 aromatic rings. The van der Waals surface area contributed by atoms with E-state index in [1.807, 2.05) is 37.6 Å². The SMILES string of the molecule is COc1cc(N2CCN(CC3CCN(C4CN(c5ccc6c(c5)C(=O)N(C5CCC(=O)NC5=O)C6=O)C4)CC3)CC2)c(-c2cnn(C)c2)cc1Nc1ncc(Br)c(Nc2ccc3ncccc3c2P(=O)(OC)OC)n1. The zero-order chi connectivity index (χ0) is 52.1. The number of piperazine rings is 1. The molecule has 0 saturated carbocycles. The number of aromatic nitrogens is 5. The van der Waals surface area contributed by atoms with E-state index in [0.717, 1.165) is 99.1 Å². The highest BCUT2D eigenvalue weighted by atomic mass is 79.9. The first kappa shape index (κ1) is 50.4. The van der Waals surface area contributed by atoms with Crippen LogP contribution in [-0.2, 0) is 30.2 Å². The fourth-order valence-electron chi connectivity index (χ4n) is 11.0. The van der Waals surface area contributed by atoms with Crippen LogP contribution in [0, 0.1) is 5.92 Å². The number of amides is 4. The molecule has 3 aromatic carbocycles. The van der Waals surface area contributed by atoms with E-state index in [-0.39, 0.29) is 12.8 Å². The minimum absolute atomic E-state index is 0.0871. The number of piperidine rings is 2. The average molecular weight is 1100 g/mol. The number of likely N-dealkylation sites (tertiary alicyclic amines) is 1. The number of nitrogens with zero attached hydrogens (tertiary/aromatic N) is 10. The normalized spacial score (nSPS) is 19.2. The molecule has 3 aromatic heterocycles. The monoisotopic (exact) mass is 1100 g/mol. The molecule has 21 nitrogen and oxygen atoms in total. The zero-order valence-electron chi connectivity index (χ0n) is 42.0. The number of nitrogens with one attached hydrogen (secondary N) is 3. The Morgan fingerprint density at radius 1 is 0.813 bits per heavy atom. The van der Waals surface area contributed by atoms with E-state index in [4.69, 9.17) is 18.8 Å². The lowest BCUT2D eigenvalue weighted by atomic mass is 9.93. The van der Waals surface area contributed by atoms with Crippen molar-refractivity contribution in [3.8, 4) is 16.9 Å². The first-order chi connectivity index (χ1) is 36.3. The molecule has 1 unspecified atom stereocenters. The number of imide groups is 2. The van der Waals surface area contributed by atoms with Crippen molar-refractivity contribution in [2.24, 2.45) is 13.0 Å². The van der Waals surface area contributed by atoms with Gasteiger partial charge in [0.15, 0.2) is 0 Å². The van der Waals surface area contributed by atoms with Gasteiger partial charge in [0.25, 0.3) is 11.8 Å². The van der Waals surface area contributed by atoms with Crippen molar-refractivity contribution in [3.63, 3.8) is 0 Å². The molecule has 0 spiro atoms. The molecular weight excluding hydrogens is 1050 g/mol. The third-order valence-corrected chi connectivity index (χ3v) is 17.7. The third kappa shape index (κ3) is 9.74. The van der Waals surface area contributed by atoms with Gasteiger partial charge in [-0.2, -0.15) is 10.1 Å². The maximum Gasteiger partial charge on any atom is 0.363 e. The van der Waals surface area contributed by atoms with Crippen LogP contribution in [-0.4, -0.2) is 155 Å². The lowest BCUT2D eigenvalue weighted by Crippen LogP contribution is -2.61. The number of benzene rings is 3. The molecule has 0 radical (unpaired) electrons. The lowest BCUT2D eigenvalue weighted by molar-refractivity contribution is -0.136. The number of pyridine rings is 1. The first-order valence-corrected chi connectivity index (χ1v) is 27.3. The Bertz CT molecular complexity index is 3270. The Kier molecular flexibility index (Phi) is 13.9. The second kappa shape index (κ2) is 20.7. The van der Waals surface area contributed by atoms with Crippen LogP contribution < -0.4 is 35.8 Å². The summed E-state index contributed by atoms with van der Waals surface area (Å²) in [6, 6.07) is 16.1. The summed E-state index contributed by atoms with van der Waals surface area (Å²) < 4.78 is 33.3. The Hall–Kier alpha value is -6.81. The van der Waals surface area contributed by atoms with Crippen molar-refractivity contribution in [1.29, 1.82) is 0 Å². The average Bonchev–Trinajstić information content (AvgIpc) is 3.96. The molecule has 4 fully saturated rings. The van der Waals surface area contributed by atoms with Crippen molar-refractivity contribution in [2.45, 2.75) is 37.8 Å². The van der Waals surface area contributed by atoms with Crippen LogP contribution in [0.1, 0.15) is 46.4 Å². The lowest BCUT2D eigenvalue weighted by Gasteiger charge is -2.49. The van der Waals surface area contributed by atoms with Crippen LogP contribution in [0.15, 0.2) is 83.9 Å². The molecule has 4 saturated heterocycles. The van der Waals surface area contributed by atoms with Crippen molar-refractivity contribution < 1.29 is 37.5 Å². The summed E-state index contributed by atoms with van der Waals surface area (Å²) in [7, 11) is 2.49. The number of fused-ring (bicyclic) bond motifs is 2. The number of aryl methyl sites for hydroxylation is 1. The van der Waals surface area contributed by atoms with E-state index in [0.29, 0.717) is 72.7 Å². The van der Waals surface area contributed by atoms with Crippen molar-refractivity contribution in [2.75, 3.05) is 101 Å². The van der Waals surface area contributed by atoms with Crippen LogP contribution in [0.2, 0.25) is 0 Å². The van der Waals surface area contributed by atoms with E-state index >= 15 is 0 Å². The largest absolute Gasteiger partial charge is 0.494 e. The molecule has 23 heteroatoms. The number of carbonyl (C=O) groups is 4. The Morgan fingerprint density at radius 2 is 1.59 bits per heavy atom. The van der Waals surface area contributed by atoms with Gasteiger partial charge < -0.3 is 34.2 Å². The highest BCUT2D eigenvalue weighted by Gasteiger charge is 2.45. The van der Waals surface area contributed by atoms with E-state index in [2.05, 4.69) is 78.7 Å². The number of halogens is 1. The molecule has 5 aliphatic heterocycles. The summed E-state index contributed by atoms with van der Waals surface area (Å²) in [6.45, 7) is 8.34. The summed E-state index contributed by atoms with van der Waals surface area (Å²) in [5, 5.41) is 14.5. The van der Waals surface area contributed by atoms with Gasteiger partial charge in [-0.15, -0.1) is 0 Å². The molecule has 0 aliphatic carbocycles. The second-order valence-electron chi connectivity index (χ2n) is 19.5. The Labute approximate surface area is 441 Å². The Morgan fingerprint density at radius 3 is 2.31 bits per heavy atom. The van der Waals surface area contributed by atoms with Gasteiger partial charge in [-0.25, -0.2) is 4.98 Å². The number of rotatable bonds is 15. The highest BCUT2D eigenvalue weighted by molar-refractivity contribution is 9.10. The van der Waals surface area contributed by atoms with Gasteiger partial charge in [0.05, 0.1) is 51.1 Å². The molecule has 5 aliphatic rings. The number of hydrogen-bond donors (Lipinski definition) is 3.